The van der Waals surface area contributed by atoms with Crippen LogP contribution in [0.2, 0.25) is 0 Å². The number of sulfonamides is 1. The van der Waals surface area contributed by atoms with E-state index >= 15 is 0 Å². The van der Waals surface area contributed by atoms with E-state index in [1.165, 1.54) is 0 Å². The fourth-order valence-corrected chi connectivity index (χ4v) is 4.34. The third kappa shape index (κ3) is 4.83. The zero-order chi connectivity index (χ0) is 23.6. The van der Waals surface area contributed by atoms with Crippen molar-refractivity contribution in [1.29, 1.82) is 0 Å². The summed E-state index contributed by atoms with van der Waals surface area (Å²) in [5, 5.41) is 3.15. The van der Waals surface area contributed by atoms with Crippen LogP contribution in [0.3, 0.4) is 0 Å². The highest BCUT2D eigenvalue weighted by atomic mass is 32.2. The standard InChI is InChI=1S/C24H24N4O4S/c1-15-9-10-20(11-16(15)2)33(29,30)28-24-23(26-21-7-5-6-8-22(21)27-24)25-17-12-18(31-3)14-19(13-17)32-4/h5-14H,1-4H3,(H,25,26)(H,27,28). The summed E-state index contributed by atoms with van der Waals surface area (Å²) in [4.78, 5) is 9.29. The van der Waals surface area contributed by atoms with Crippen LogP contribution in [0.4, 0.5) is 17.3 Å². The lowest BCUT2D eigenvalue weighted by Crippen LogP contribution is -2.16. The van der Waals surface area contributed by atoms with Gasteiger partial charge < -0.3 is 14.8 Å². The Hall–Kier alpha value is -3.85. The second-order valence-corrected chi connectivity index (χ2v) is 9.17. The fraction of sp³-hybridized carbons (Fsp3) is 0.167. The summed E-state index contributed by atoms with van der Waals surface area (Å²) >= 11 is 0. The van der Waals surface area contributed by atoms with Crippen LogP contribution in [0.5, 0.6) is 11.5 Å². The first kappa shape index (κ1) is 22.3. The van der Waals surface area contributed by atoms with Crippen molar-refractivity contribution in [1.82, 2.24) is 9.97 Å². The summed E-state index contributed by atoms with van der Waals surface area (Å²) < 4.78 is 39.6. The number of hydrogen-bond acceptors (Lipinski definition) is 7. The van der Waals surface area contributed by atoms with Gasteiger partial charge in [0.15, 0.2) is 11.6 Å². The Labute approximate surface area is 192 Å². The van der Waals surface area contributed by atoms with Crippen LogP contribution < -0.4 is 19.5 Å². The summed E-state index contributed by atoms with van der Waals surface area (Å²) in [5.74, 6) is 1.47. The minimum atomic E-state index is -3.90. The lowest BCUT2D eigenvalue weighted by atomic mass is 10.1. The molecule has 4 rings (SSSR count). The van der Waals surface area contributed by atoms with Gasteiger partial charge in [-0.15, -0.1) is 0 Å². The highest BCUT2D eigenvalue weighted by Gasteiger charge is 2.20. The Morgan fingerprint density at radius 1 is 0.758 bits per heavy atom. The largest absolute Gasteiger partial charge is 0.497 e. The van der Waals surface area contributed by atoms with Gasteiger partial charge in [0.2, 0.25) is 0 Å². The van der Waals surface area contributed by atoms with Gasteiger partial charge >= 0.3 is 0 Å². The molecule has 0 aliphatic carbocycles. The molecule has 0 atom stereocenters. The van der Waals surface area contributed by atoms with Crippen molar-refractivity contribution >= 4 is 38.4 Å². The zero-order valence-electron chi connectivity index (χ0n) is 18.7. The summed E-state index contributed by atoms with van der Waals surface area (Å²) in [6, 6.07) is 17.5. The van der Waals surface area contributed by atoms with Gasteiger partial charge in [0, 0.05) is 23.9 Å². The summed E-state index contributed by atoms with van der Waals surface area (Å²) in [7, 11) is -0.797. The van der Waals surface area contributed by atoms with Crippen molar-refractivity contribution in [2.45, 2.75) is 18.7 Å². The van der Waals surface area contributed by atoms with E-state index in [4.69, 9.17) is 9.47 Å². The molecule has 0 fully saturated rings. The molecule has 0 aliphatic rings. The maximum absolute atomic E-state index is 13.2. The first-order valence-electron chi connectivity index (χ1n) is 10.2. The second-order valence-electron chi connectivity index (χ2n) is 7.49. The number of aryl methyl sites for hydroxylation is 2. The van der Waals surface area contributed by atoms with Crippen LogP contribution >= 0.6 is 0 Å². The van der Waals surface area contributed by atoms with E-state index in [0.29, 0.717) is 28.2 Å². The van der Waals surface area contributed by atoms with Crippen molar-refractivity contribution < 1.29 is 17.9 Å². The van der Waals surface area contributed by atoms with Gasteiger partial charge in [0.1, 0.15) is 11.5 Å². The molecule has 0 spiro atoms. The average Bonchev–Trinajstić information content (AvgIpc) is 2.80. The number of ether oxygens (including phenoxy) is 2. The molecule has 4 aromatic rings. The van der Waals surface area contributed by atoms with Gasteiger partial charge in [-0.05, 0) is 49.2 Å². The minimum absolute atomic E-state index is 0.0775. The molecule has 1 heterocycles. The van der Waals surface area contributed by atoms with E-state index in [1.54, 1.807) is 62.8 Å². The third-order valence-electron chi connectivity index (χ3n) is 5.20. The molecular weight excluding hydrogens is 440 g/mol. The van der Waals surface area contributed by atoms with Crippen LogP contribution in [-0.4, -0.2) is 32.6 Å². The van der Waals surface area contributed by atoms with Gasteiger partial charge in [0.05, 0.1) is 30.1 Å². The van der Waals surface area contributed by atoms with E-state index in [0.717, 1.165) is 11.1 Å². The fourth-order valence-electron chi connectivity index (χ4n) is 3.24. The van der Waals surface area contributed by atoms with E-state index in [-0.39, 0.29) is 16.5 Å². The number of fused-ring (bicyclic) bond motifs is 1. The lowest BCUT2D eigenvalue weighted by Gasteiger charge is -2.15. The smallest absolute Gasteiger partial charge is 0.263 e. The Bertz CT molecular complexity index is 1420. The van der Waals surface area contributed by atoms with Gasteiger partial charge in [-0.25, -0.2) is 18.4 Å². The van der Waals surface area contributed by atoms with Crippen LogP contribution in [0.1, 0.15) is 11.1 Å². The second kappa shape index (κ2) is 8.95. The highest BCUT2D eigenvalue weighted by molar-refractivity contribution is 7.92. The topological polar surface area (TPSA) is 102 Å². The first-order valence-corrected chi connectivity index (χ1v) is 11.6. The maximum Gasteiger partial charge on any atom is 0.263 e. The predicted octanol–water partition coefficient (Wildman–Crippen LogP) is 4.81. The van der Waals surface area contributed by atoms with Crippen LogP contribution in [0.15, 0.2) is 65.6 Å². The van der Waals surface area contributed by atoms with E-state index < -0.39 is 10.0 Å². The molecule has 0 bridgehead atoms. The summed E-state index contributed by atoms with van der Waals surface area (Å²) in [5.41, 5.74) is 3.66. The van der Waals surface area contributed by atoms with Gasteiger partial charge in [-0.2, -0.15) is 0 Å². The number of nitrogens with zero attached hydrogens (tertiary/aromatic N) is 2. The number of hydrogen-bond donors (Lipinski definition) is 2. The quantitative estimate of drug-likeness (QED) is 0.405. The van der Waals surface area contributed by atoms with E-state index in [2.05, 4.69) is 20.0 Å². The first-order chi connectivity index (χ1) is 15.8. The van der Waals surface area contributed by atoms with Crippen LogP contribution in [-0.2, 0) is 10.0 Å². The van der Waals surface area contributed by atoms with Crippen LogP contribution in [0.25, 0.3) is 11.0 Å². The third-order valence-corrected chi connectivity index (χ3v) is 6.54. The molecule has 0 aliphatic heterocycles. The molecule has 0 saturated heterocycles. The SMILES string of the molecule is COc1cc(Nc2nc3ccccc3nc2NS(=O)(=O)c2ccc(C)c(C)c2)cc(OC)c1. The Morgan fingerprint density at radius 2 is 1.36 bits per heavy atom. The van der Waals surface area contributed by atoms with Crippen molar-refractivity contribution in [3.8, 4) is 11.5 Å². The van der Waals surface area contributed by atoms with Crippen molar-refractivity contribution in [2.75, 3.05) is 24.3 Å². The van der Waals surface area contributed by atoms with E-state index in [1.807, 2.05) is 26.0 Å². The molecule has 0 saturated carbocycles. The molecule has 0 radical (unpaired) electrons. The summed E-state index contributed by atoms with van der Waals surface area (Å²) in [6.45, 7) is 3.80. The average molecular weight is 465 g/mol. The maximum atomic E-state index is 13.2. The lowest BCUT2D eigenvalue weighted by molar-refractivity contribution is 0.395. The number of anilines is 3. The Balaban J connectivity index is 1.79. The number of methoxy groups -OCH3 is 2. The molecule has 8 nitrogen and oxygen atoms in total. The summed E-state index contributed by atoms with van der Waals surface area (Å²) in [6.07, 6.45) is 0. The number of rotatable bonds is 7. The monoisotopic (exact) mass is 464 g/mol. The normalized spacial score (nSPS) is 11.3. The number of para-hydroxylation sites is 2. The predicted molar refractivity (Wildman–Crippen MR) is 129 cm³/mol. The molecule has 1 aromatic heterocycles. The van der Waals surface area contributed by atoms with Crippen molar-refractivity contribution in [3.05, 3.63) is 71.8 Å². The van der Waals surface area contributed by atoms with E-state index in [9.17, 15) is 8.42 Å². The molecule has 170 valence electrons. The number of aromatic nitrogens is 2. The van der Waals surface area contributed by atoms with Gasteiger partial charge in [-0.1, -0.05) is 18.2 Å². The van der Waals surface area contributed by atoms with Crippen molar-refractivity contribution in [3.63, 3.8) is 0 Å². The molecule has 0 unspecified atom stereocenters. The van der Waals surface area contributed by atoms with Gasteiger partial charge in [-0.3, -0.25) is 4.72 Å². The van der Waals surface area contributed by atoms with Crippen molar-refractivity contribution in [2.24, 2.45) is 0 Å². The zero-order valence-corrected chi connectivity index (χ0v) is 19.5. The highest BCUT2D eigenvalue weighted by Crippen LogP contribution is 2.31. The molecule has 33 heavy (non-hydrogen) atoms. The Morgan fingerprint density at radius 3 is 1.94 bits per heavy atom. The Kier molecular flexibility index (Phi) is 6.06. The number of benzene rings is 3. The molecule has 0 amide bonds. The molecular formula is C24H24N4O4S. The molecule has 2 N–H and O–H groups in total. The minimum Gasteiger partial charge on any atom is -0.497 e. The van der Waals surface area contributed by atoms with Gasteiger partial charge in [0.25, 0.3) is 10.0 Å². The molecule has 3 aromatic carbocycles. The molecule has 9 heteroatoms. The number of nitrogens with one attached hydrogen (secondary N) is 2. The van der Waals surface area contributed by atoms with Crippen LogP contribution in [0, 0.1) is 13.8 Å².